The fourth-order valence-corrected chi connectivity index (χ4v) is 5.68. The maximum absolute atomic E-state index is 13.7. The molecule has 1 heterocycles. The van der Waals surface area contributed by atoms with Crippen LogP contribution < -0.4 is 4.31 Å². The van der Waals surface area contributed by atoms with E-state index in [4.69, 9.17) is 32.5 Å². The smallest absolute Gasteiger partial charge is 0.327 e. The van der Waals surface area contributed by atoms with Gasteiger partial charge < -0.3 is 9.26 Å². The molecular formula is C25H23Cl2N3O5S. The van der Waals surface area contributed by atoms with Crippen LogP contribution in [0.25, 0.3) is 22.2 Å². The molecule has 0 aliphatic heterocycles. The Morgan fingerprint density at radius 1 is 1.00 bits per heavy atom. The van der Waals surface area contributed by atoms with Crippen molar-refractivity contribution in [3.05, 3.63) is 70.5 Å². The van der Waals surface area contributed by atoms with Crippen LogP contribution in [0.15, 0.2) is 64.0 Å². The predicted octanol–water partition coefficient (Wildman–Crippen LogP) is 6.04. The van der Waals surface area contributed by atoms with Crippen LogP contribution in [0.4, 0.5) is 5.69 Å². The average molecular weight is 548 g/mol. The molecule has 4 rings (SSSR count). The monoisotopic (exact) mass is 547 g/mol. The summed E-state index contributed by atoms with van der Waals surface area (Å²) in [4.78, 5) is 16.8. The third-order valence-corrected chi connectivity index (χ3v) is 7.20. The number of anilines is 1. The first-order valence-corrected chi connectivity index (χ1v) is 13.1. The third kappa shape index (κ3) is 5.80. The number of rotatable bonds is 6. The highest BCUT2D eigenvalue weighted by atomic mass is 35.5. The number of ether oxygens (including phenoxy) is 1. The molecule has 8 nitrogen and oxygen atoms in total. The summed E-state index contributed by atoms with van der Waals surface area (Å²) in [6.07, 6.45) is 0. The first kappa shape index (κ1) is 25.9. The van der Waals surface area contributed by atoms with Gasteiger partial charge in [-0.05, 0) is 67.9 Å². The van der Waals surface area contributed by atoms with E-state index < -0.39 is 28.1 Å². The van der Waals surface area contributed by atoms with Crippen LogP contribution in [-0.2, 0) is 19.6 Å². The fraction of sp³-hybridized carbons (Fsp3) is 0.240. The first-order chi connectivity index (χ1) is 16.8. The highest BCUT2D eigenvalue weighted by Gasteiger charge is 2.30. The minimum atomic E-state index is -4.24. The molecule has 0 aliphatic rings. The second kappa shape index (κ2) is 9.72. The minimum Gasteiger partial charge on any atom is -0.459 e. The van der Waals surface area contributed by atoms with E-state index in [1.807, 2.05) is 12.1 Å². The van der Waals surface area contributed by atoms with Gasteiger partial charge in [0, 0.05) is 22.5 Å². The third-order valence-electron chi connectivity index (χ3n) is 5.01. The van der Waals surface area contributed by atoms with Crippen molar-refractivity contribution < 1.29 is 22.5 Å². The molecule has 188 valence electrons. The Morgan fingerprint density at radius 2 is 1.64 bits per heavy atom. The number of hydrogen-bond donors (Lipinski definition) is 0. The maximum atomic E-state index is 13.7. The van der Waals surface area contributed by atoms with Gasteiger partial charge in [-0.2, -0.15) is 4.98 Å². The Morgan fingerprint density at radius 3 is 2.25 bits per heavy atom. The molecule has 0 aliphatic carbocycles. The number of fused-ring (bicyclic) bond motifs is 1. The fourth-order valence-electron chi connectivity index (χ4n) is 3.55. The lowest BCUT2D eigenvalue weighted by molar-refractivity contribution is -0.152. The summed E-state index contributed by atoms with van der Waals surface area (Å²) in [6, 6.07) is 14.5. The first-order valence-electron chi connectivity index (χ1n) is 10.9. The van der Waals surface area contributed by atoms with Crippen molar-refractivity contribution in [2.75, 3.05) is 10.8 Å². The Bertz CT molecular complexity index is 1540. The lowest BCUT2D eigenvalue weighted by atomic mass is 10.1. The van der Waals surface area contributed by atoms with Gasteiger partial charge in [-0.1, -0.05) is 46.6 Å². The van der Waals surface area contributed by atoms with E-state index in [-0.39, 0.29) is 20.6 Å². The minimum absolute atomic E-state index is 0.147. The van der Waals surface area contributed by atoms with Gasteiger partial charge in [0.25, 0.3) is 10.0 Å². The highest BCUT2D eigenvalue weighted by molar-refractivity contribution is 7.92. The summed E-state index contributed by atoms with van der Waals surface area (Å²) >= 11 is 12.1. The van der Waals surface area contributed by atoms with Crippen LogP contribution in [0.5, 0.6) is 0 Å². The molecule has 0 unspecified atom stereocenters. The lowest BCUT2D eigenvalue weighted by Gasteiger charge is -2.26. The quantitative estimate of drug-likeness (QED) is 0.271. The number of hydrogen-bond acceptors (Lipinski definition) is 7. The average Bonchev–Trinajstić information content (AvgIpc) is 3.21. The van der Waals surface area contributed by atoms with Gasteiger partial charge in [-0.15, -0.1) is 0 Å². The molecule has 36 heavy (non-hydrogen) atoms. The Balaban J connectivity index is 1.78. The molecule has 0 spiro atoms. The van der Waals surface area contributed by atoms with Crippen molar-refractivity contribution in [3.8, 4) is 11.4 Å². The van der Waals surface area contributed by atoms with Gasteiger partial charge in [-0.3, -0.25) is 9.10 Å². The second-order valence-corrected chi connectivity index (χ2v) is 11.8. The number of nitrogens with zero attached hydrogens (tertiary/aromatic N) is 3. The van der Waals surface area contributed by atoms with E-state index in [0.717, 1.165) is 20.6 Å². The van der Waals surface area contributed by atoms with Gasteiger partial charge in [-0.25, -0.2) is 8.42 Å². The number of esters is 1. The Labute approximate surface area is 218 Å². The number of carbonyl (C=O) groups is 1. The number of benzene rings is 3. The summed E-state index contributed by atoms with van der Waals surface area (Å²) in [5, 5.41) is 5.80. The SMILES string of the molecule is Cc1nc(-c2ccc3cc(N(CC(=O)OC(C)(C)C)S(=O)(=O)c4cc(Cl)cc(Cl)c4)ccc3c2)no1. The van der Waals surface area contributed by atoms with Gasteiger partial charge in [0.2, 0.25) is 11.7 Å². The van der Waals surface area contributed by atoms with Crippen molar-refractivity contribution in [1.82, 2.24) is 10.1 Å². The van der Waals surface area contributed by atoms with Crippen molar-refractivity contribution >= 4 is 55.7 Å². The zero-order valence-corrected chi connectivity index (χ0v) is 22.3. The van der Waals surface area contributed by atoms with E-state index in [2.05, 4.69) is 10.1 Å². The van der Waals surface area contributed by atoms with Crippen LogP contribution in [0.2, 0.25) is 10.0 Å². The van der Waals surface area contributed by atoms with Gasteiger partial charge in [0.1, 0.15) is 12.1 Å². The maximum Gasteiger partial charge on any atom is 0.327 e. The molecule has 0 N–H and O–H groups in total. The standard InChI is InChI=1S/C25H23Cl2N3O5S/c1-15-28-24(29-35-15)18-6-5-17-10-21(8-7-16(17)9-18)30(14-23(31)34-25(2,3)4)36(32,33)22-12-19(26)11-20(27)13-22/h5-13H,14H2,1-4H3. The second-order valence-electron chi connectivity index (χ2n) is 9.09. The van der Waals surface area contributed by atoms with Crippen molar-refractivity contribution in [3.63, 3.8) is 0 Å². The van der Waals surface area contributed by atoms with E-state index in [1.165, 1.54) is 18.2 Å². The van der Waals surface area contributed by atoms with Crippen molar-refractivity contribution in [2.45, 2.75) is 38.2 Å². The van der Waals surface area contributed by atoms with Crippen molar-refractivity contribution in [1.29, 1.82) is 0 Å². The lowest BCUT2D eigenvalue weighted by Crippen LogP contribution is -2.39. The number of aromatic nitrogens is 2. The van der Waals surface area contributed by atoms with E-state index in [9.17, 15) is 13.2 Å². The number of carbonyl (C=O) groups excluding carboxylic acids is 1. The molecule has 4 aromatic rings. The number of aryl methyl sites for hydroxylation is 1. The molecule has 0 saturated carbocycles. The zero-order chi connectivity index (χ0) is 26.3. The molecule has 0 amide bonds. The summed E-state index contributed by atoms with van der Waals surface area (Å²) < 4.78 is 38.8. The van der Waals surface area contributed by atoms with Gasteiger partial charge >= 0.3 is 5.97 Å². The molecule has 11 heteroatoms. The van der Waals surface area contributed by atoms with E-state index >= 15 is 0 Å². The molecule has 3 aromatic carbocycles. The number of sulfonamides is 1. The Kier molecular flexibility index (Phi) is 7.01. The normalized spacial score (nSPS) is 12.1. The highest BCUT2D eigenvalue weighted by Crippen LogP contribution is 2.31. The molecule has 0 fully saturated rings. The summed E-state index contributed by atoms with van der Waals surface area (Å²) in [5.41, 5.74) is 0.227. The molecule has 1 aromatic heterocycles. The van der Waals surface area contributed by atoms with E-state index in [0.29, 0.717) is 11.7 Å². The summed E-state index contributed by atoms with van der Waals surface area (Å²) in [7, 11) is -4.24. The summed E-state index contributed by atoms with van der Waals surface area (Å²) in [5.74, 6) is 0.192. The van der Waals surface area contributed by atoms with Crippen molar-refractivity contribution in [2.24, 2.45) is 0 Å². The van der Waals surface area contributed by atoms with E-state index in [1.54, 1.807) is 52.0 Å². The van der Waals surface area contributed by atoms with Crippen LogP contribution >= 0.6 is 23.2 Å². The topological polar surface area (TPSA) is 103 Å². The van der Waals surface area contributed by atoms with Gasteiger partial charge in [0.05, 0.1) is 10.6 Å². The number of halogens is 2. The molecule has 0 saturated heterocycles. The Hall–Kier alpha value is -3.14. The molecule has 0 radical (unpaired) electrons. The zero-order valence-electron chi connectivity index (χ0n) is 20.0. The molecule has 0 bridgehead atoms. The van der Waals surface area contributed by atoms with Crippen LogP contribution in [0.3, 0.4) is 0 Å². The summed E-state index contributed by atoms with van der Waals surface area (Å²) in [6.45, 7) is 6.28. The molecule has 0 atom stereocenters. The van der Waals surface area contributed by atoms with Gasteiger partial charge in [0.15, 0.2) is 0 Å². The molecular weight excluding hydrogens is 525 g/mol. The van der Waals surface area contributed by atoms with Crippen LogP contribution in [0.1, 0.15) is 26.7 Å². The largest absolute Gasteiger partial charge is 0.459 e. The van der Waals surface area contributed by atoms with Crippen LogP contribution in [0, 0.1) is 6.92 Å². The predicted molar refractivity (Wildman–Crippen MR) is 139 cm³/mol. The van der Waals surface area contributed by atoms with Crippen LogP contribution in [-0.4, -0.2) is 36.7 Å².